The number of carbonyl (C=O) groups excluding carboxylic acids is 1. The van der Waals surface area contributed by atoms with Gasteiger partial charge in [0.2, 0.25) is 0 Å². The fraction of sp³-hybridized carbons (Fsp3) is 0.409. The molecule has 0 aliphatic carbocycles. The van der Waals surface area contributed by atoms with Crippen molar-refractivity contribution in [2.75, 3.05) is 20.8 Å². The molecular weight excluding hydrogens is 390 g/mol. The minimum atomic E-state index is -1.42. The van der Waals surface area contributed by atoms with Crippen molar-refractivity contribution in [3.8, 4) is 16.9 Å². The summed E-state index contributed by atoms with van der Waals surface area (Å²) in [6.45, 7) is -0.473. The van der Waals surface area contributed by atoms with Crippen molar-refractivity contribution in [2.45, 2.75) is 36.9 Å². The van der Waals surface area contributed by atoms with Crippen LogP contribution in [-0.2, 0) is 11.2 Å². The summed E-state index contributed by atoms with van der Waals surface area (Å²) in [7, 11) is 3.10. The Balaban J connectivity index is 1.85. The van der Waals surface area contributed by atoms with Gasteiger partial charge in [0.25, 0.3) is 5.91 Å². The molecule has 0 radical (unpaired) electrons. The number of methoxy groups -OCH3 is 1. The van der Waals surface area contributed by atoms with Gasteiger partial charge in [-0.2, -0.15) is 0 Å². The van der Waals surface area contributed by atoms with Crippen LogP contribution in [-0.4, -0.2) is 77.6 Å². The molecule has 5 atom stereocenters. The molecule has 2 aromatic carbocycles. The lowest BCUT2D eigenvalue weighted by Gasteiger charge is -2.40. The van der Waals surface area contributed by atoms with Crippen molar-refractivity contribution >= 4 is 5.91 Å². The first-order chi connectivity index (χ1) is 14.4. The summed E-state index contributed by atoms with van der Waals surface area (Å²) in [5.74, 6) is 0.373. The Morgan fingerprint density at radius 1 is 1.03 bits per heavy atom. The van der Waals surface area contributed by atoms with E-state index in [-0.39, 0.29) is 12.3 Å². The Hall–Kier alpha value is -2.49. The van der Waals surface area contributed by atoms with Crippen LogP contribution in [0.3, 0.4) is 0 Å². The molecule has 0 bridgehead atoms. The van der Waals surface area contributed by atoms with Crippen LogP contribution in [0.5, 0.6) is 5.75 Å². The zero-order valence-corrected chi connectivity index (χ0v) is 16.9. The van der Waals surface area contributed by atoms with E-state index in [0.717, 1.165) is 16.7 Å². The van der Waals surface area contributed by atoms with Crippen LogP contribution in [0.25, 0.3) is 11.1 Å². The van der Waals surface area contributed by atoms with E-state index < -0.39 is 37.1 Å². The van der Waals surface area contributed by atoms with E-state index in [4.69, 9.17) is 9.47 Å². The Bertz CT molecular complexity index is 886. The molecule has 1 amide bonds. The van der Waals surface area contributed by atoms with Crippen molar-refractivity contribution in [1.82, 2.24) is 5.32 Å². The topological polar surface area (TPSA) is 128 Å². The fourth-order valence-electron chi connectivity index (χ4n) is 3.64. The molecule has 3 rings (SSSR count). The second-order valence-electron chi connectivity index (χ2n) is 7.26. The predicted octanol–water partition coefficient (Wildman–Crippen LogP) is 0.107. The van der Waals surface area contributed by atoms with Gasteiger partial charge in [0.15, 0.2) is 0 Å². The molecule has 1 heterocycles. The van der Waals surface area contributed by atoms with Crippen LogP contribution in [0.1, 0.15) is 15.9 Å². The van der Waals surface area contributed by atoms with Crippen LogP contribution in [0.15, 0.2) is 42.5 Å². The Morgan fingerprint density at radius 3 is 2.40 bits per heavy atom. The molecule has 0 spiro atoms. The monoisotopic (exact) mass is 417 g/mol. The number of aliphatic hydroxyl groups is 4. The number of amides is 1. The zero-order valence-electron chi connectivity index (χ0n) is 16.9. The van der Waals surface area contributed by atoms with Gasteiger partial charge in [-0.25, -0.2) is 0 Å². The molecule has 0 unspecified atom stereocenters. The number of hydrogen-bond acceptors (Lipinski definition) is 7. The van der Waals surface area contributed by atoms with Crippen LogP contribution in [0, 0.1) is 0 Å². The third kappa shape index (κ3) is 4.48. The Kier molecular flexibility index (Phi) is 7.06. The quantitative estimate of drug-likeness (QED) is 0.451. The molecule has 30 heavy (non-hydrogen) atoms. The number of rotatable bonds is 6. The fourth-order valence-corrected chi connectivity index (χ4v) is 3.64. The lowest BCUT2D eigenvalue weighted by Crippen LogP contribution is -2.59. The highest BCUT2D eigenvalue weighted by atomic mass is 16.5. The molecule has 2 aromatic rings. The second kappa shape index (κ2) is 9.55. The second-order valence-corrected chi connectivity index (χ2v) is 7.26. The van der Waals surface area contributed by atoms with Crippen molar-refractivity contribution in [3.05, 3.63) is 53.6 Å². The molecule has 8 nitrogen and oxygen atoms in total. The maximum atomic E-state index is 11.9. The highest BCUT2D eigenvalue weighted by Gasteiger charge is 2.43. The first-order valence-corrected chi connectivity index (χ1v) is 9.69. The van der Waals surface area contributed by atoms with Gasteiger partial charge in [-0.05, 0) is 34.9 Å². The molecule has 1 aliphatic rings. The van der Waals surface area contributed by atoms with E-state index in [1.54, 1.807) is 25.2 Å². The van der Waals surface area contributed by atoms with Crippen LogP contribution < -0.4 is 10.1 Å². The number of benzene rings is 2. The number of carbonyl (C=O) groups is 1. The van der Waals surface area contributed by atoms with Gasteiger partial charge >= 0.3 is 0 Å². The first kappa shape index (κ1) is 22.2. The van der Waals surface area contributed by atoms with Gasteiger partial charge < -0.3 is 35.2 Å². The summed E-state index contributed by atoms with van der Waals surface area (Å²) < 4.78 is 11.1. The van der Waals surface area contributed by atoms with Gasteiger partial charge in [-0.3, -0.25) is 4.79 Å². The molecule has 0 aromatic heterocycles. The lowest BCUT2D eigenvalue weighted by molar-refractivity contribution is -0.228. The van der Waals surface area contributed by atoms with Crippen LogP contribution in [0.4, 0.5) is 0 Å². The van der Waals surface area contributed by atoms with E-state index >= 15 is 0 Å². The van der Waals surface area contributed by atoms with Crippen molar-refractivity contribution in [2.24, 2.45) is 0 Å². The Morgan fingerprint density at radius 2 is 1.73 bits per heavy atom. The van der Waals surface area contributed by atoms with Crippen molar-refractivity contribution in [3.63, 3.8) is 0 Å². The van der Waals surface area contributed by atoms with Gasteiger partial charge in [-0.15, -0.1) is 0 Å². The first-order valence-electron chi connectivity index (χ1n) is 9.69. The summed E-state index contributed by atoms with van der Waals surface area (Å²) in [4.78, 5) is 11.9. The average Bonchev–Trinajstić information content (AvgIpc) is 2.79. The van der Waals surface area contributed by atoms with E-state index in [9.17, 15) is 25.2 Å². The van der Waals surface area contributed by atoms with E-state index in [0.29, 0.717) is 11.3 Å². The number of hydrogen-bond donors (Lipinski definition) is 5. The van der Waals surface area contributed by atoms with Crippen molar-refractivity contribution in [1.29, 1.82) is 0 Å². The number of nitrogens with one attached hydrogen (secondary N) is 1. The lowest BCUT2D eigenvalue weighted by atomic mass is 9.91. The minimum Gasteiger partial charge on any atom is -0.496 e. The summed E-state index contributed by atoms with van der Waals surface area (Å²) >= 11 is 0. The normalized spacial score (nSPS) is 26.3. The van der Waals surface area contributed by atoms with Crippen LogP contribution >= 0.6 is 0 Å². The SMILES string of the molecule is CNC(=O)c1cccc(-c2ccc(C[C@H]3O[C@H](CO)[C@@H](O)[C@H](O)[C@@H]3O)c(OC)c2)c1. The minimum absolute atomic E-state index is 0.178. The molecule has 0 saturated carbocycles. The molecule has 1 fully saturated rings. The maximum absolute atomic E-state index is 11.9. The molecule has 162 valence electrons. The maximum Gasteiger partial charge on any atom is 0.251 e. The summed E-state index contributed by atoms with van der Waals surface area (Å²) in [5, 5.41) is 42.2. The van der Waals surface area contributed by atoms with Gasteiger partial charge in [-0.1, -0.05) is 24.3 Å². The van der Waals surface area contributed by atoms with Gasteiger partial charge in [0.1, 0.15) is 30.2 Å². The summed E-state index contributed by atoms with van der Waals surface area (Å²) in [6, 6.07) is 12.7. The number of aliphatic hydroxyl groups excluding tert-OH is 4. The third-order valence-corrected chi connectivity index (χ3v) is 5.38. The molecule has 5 N–H and O–H groups in total. The standard InChI is InChI=1S/C22H27NO7/c1-23-22(28)15-5-3-4-12(8-15)13-6-7-14(16(9-13)29-2)10-17-19(25)21(27)20(26)18(11-24)30-17/h3-9,17-21,24-27H,10-11H2,1-2H3,(H,23,28)/t17-,18-,19-,20-,21-/m1/s1. The smallest absolute Gasteiger partial charge is 0.251 e. The van der Waals surface area contributed by atoms with Gasteiger partial charge in [0.05, 0.1) is 19.8 Å². The zero-order chi connectivity index (χ0) is 21.8. The number of ether oxygens (including phenoxy) is 2. The third-order valence-electron chi connectivity index (χ3n) is 5.38. The van der Waals surface area contributed by atoms with Gasteiger partial charge in [0, 0.05) is 19.0 Å². The predicted molar refractivity (Wildman–Crippen MR) is 109 cm³/mol. The highest BCUT2D eigenvalue weighted by molar-refractivity contribution is 5.95. The van der Waals surface area contributed by atoms with E-state index in [2.05, 4.69) is 5.32 Å². The summed E-state index contributed by atoms with van der Waals surface area (Å²) in [5.41, 5.74) is 2.95. The van der Waals surface area contributed by atoms with Crippen LogP contribution in [0.2, 0.25) is 0 Å². The molecular formula is C22H27NO7. The van der Waals surface area contributed by atoms with E-state index in [1.807, 2.05) is 24.3 Å². The Labute approximate surface area is 174 Å². The largest absolute Gasteiger partial charge is 0.496 e. The molecule has 1 saturated heterocycles. The van der Waals surface area contributed by atoms with E-state index in [1.165, 1.54) is 7.11 Å². The average molecular weight is 417 g/mol. The highest BCUT2D eigenvalue weighted by Crippen LogP contribution is 2.31. The summed E-state index contributed by atoms with van der Waals surface area (Å²) in [6.07, 6.45) is -5.68. The molecule has 1 aliphatic heterocycles. The molecule has 8 heteroatoms. The van der Waals surface area contributed by atoms with Crippen molar-refractivity contribution < 1.29 is 34.7 Å².